The summed E-state index contributed by atoms with van der Waals surface area (Å²) in [6.45, 7) is 0.331. The summed E-state index contributed by atoms with van der Waals surface area (Å²) in [5.74, 6) is 1.37. The van der Waals surface area contributed by atoms with Crippen LogP contribution < -0.4 is 19.5 Å². The van der Waals surface area contributed by atoms with Crippen molar-refractivity contribution in [3.05, 3.63) is 83.8 Å². The molecule has 0 saturated carbocycles. The van der Waals surface area contributed by atoms with Gasteiger partial charge in [-0.15, -0.1) is 0 Å². The predicted octanol–water partition coefficient (Wildman–Crippen LogP) is 3.10. The molecule has 0 radical (unpaired) electrons. The van der Waals surface area contributed by atoms with Crippen LogP contribution in [0.15, 0.2) is 76.2 Å². The molecular weight excluding hydrogens is 432 g/mol. The Balaban J connectivity index is 1.57. The first-order valence-corrected chi connectivity index (χ1v) is 11.2. The fourth-order valence-electron chi connectivity index (χ4n) is 2.93. The highest BCUT2D eigenvalue weighted by molar-refractivity contribution is 7.89. The summed E-state index contributed by atoms with van der Waals surface area (Å²) in [6, 6.07) is 15.0. The van der Waals surface area contributed by atoms with Crippen LogP contribution in [0.2, 0.25) is 0 Å². The van der Waals surface area contributed by atoms with E-state index in [-0.39, 0.29) is 23.9 Å². The van der Waals surface area contributed by atoms with Crippen LogP contribution in [0.25, 0.3) is 6.08 Å². The molecule has 0 fully saturated rings. The zero-order chi connectivity index (χ0) is 23.0. The van der Waals surface area contributed by atoms with E-state index in [0.29, 0.717) is 22.8 Å². The molecular formula is C23H24N2O6S. The molecule has 3 rings (SSSR count). The van der Waals surface area contributed by atoms with E-state index in [1.54, 1.807) is 50.6 Å². The molecule has 32 heavy (non-hydrogen) atoms. The van der Waals surface area contributed by atoms with Gasteiger partial charge in [-0.2, -0.15) is 0 Å². The number of hydrogen-bond acceptors (Lipinski definition) is 6. The average molecular weight is 457 g/mol. The number of nitrogens with one attached hydrogen (secondary N) is 2. The zero-order valence-corrected chi connectivity index (χ0v) is 18.5. The molecule has 3 aromatic rings. The maximum atomic E-state index is 12.4. The second-order valence-electron chi connectivity index (χ2n) is 6.68. The molecule has 9 heteroatoms. The van der Waals surface area contributed by atoms with Gasteiger partial charge in [0.1, 0.15) is 5.76 Å². The predicted molar refractivity (Wildman–Crippen MR) is 120 cm³/mol. The number of furan rings is 1. The fraction of sp³-hybridized carbons (Fsp3) is 0.174. The van der Waals surface area contributed by atoms with Gasteiger partial charge in [0.15, 0.2) is 11.5 Å². The zero-order valence-electron chi connectivity index (χ0n) is 17.7. The highest BCUT2D eigenvalue weighted by Crippen LogP contribution is 2.30. The summed E-state index contributed by atoms with van der Waals surface area (Å²) in [6.07, 6.45) is 4.46. The van der Waals surface area contributed by atoms with Crippen LogP contribution in [0.4, 0.5) is 0 Å². The van der Waals surface area contributed by atoms with Gasteiger partial charge in [-0.05, 0) is 42.0 Å². The number of carbonyl (C=O) groups is 1. The van der Waals surface area contributed by atoms with E-state index in [1.807, 2.05) is 12.1 Å². The van der Waals surface area contributed by atoms with Crippen LogP contribution in [-0.4, -0.2) is 28.5 Å². The lowest BCUT2D eigenvalue weighted by atomic mass is 10.1. The van der Waals surface area contributed by atoms with Gasteiger partial charge in [0.25, 0.3) is 0 Å². The van der Waals surface area contributed by atoms with Crippen LogP contribution in [-0.2, 0) is 27.9 Å². The molecule has 1 heterocycles. The third-order valence-electron chi connectivity index (χ3n) is 4.57. The molecule has 0 aliphatic rings. The number of rotatable bonds is 10. The Hall–Kier alpha value is -3.56. The molecule has 1 aromatic heterocycles. The van der Waals surface area contributed by atoms with Gasteiger partial charge in [0.2, 0.25) is 15.9 Å². The third kappa shape index (κ3) is 5.99. The first-order valence-electron chi connectivity index (χ1n) is 9.71. The smallest absolute Gasteiger partial charge is 0.244 e. The van der Waals surface area contributed by atoms with Gasteiger partial charge < -0.3 is 19.2 Å². The van der Waals surface area contributed by atoms with Crippen LogP contribution in [0.1, 0.15) is 16.9 Å². The topological polar surface area (TPSA) is 107 Å². The number of ether oxygens (including phenoxy) is 2. The molecule has 168 valence electrons. The lowest BCUT2D eigenvalue weighted by Gasteiger charge is -2.12. The minimum atomic E-state index is -3.67. The minimum absolute atomic E-state index is 0.0647. The van der Waals surface area contributed by atoms with Crippen molar-refractivity contribution in [1.82, 2.24) is 10.0 Å². The monoisotopic (exact) mass is 456 g/mol. The Bertz CT molecular complexity index is 1170. The largest absolute Gasteiger partial charge is 0.493 e. The van der Waals surface area contributed by atoms with Crippen molar-refractivity contribution >= 4 is 22.0 Å². The van der Waals surface area contributed by atoms with Crippen LogP contribution >= 0.6 is 0 Å². The molecule has 0 aliphatic heterocycles. The number of carbonyl (C=O) groups excluding carboxylic acids is 1. The van der Waals surface area contributed by atoms with Gasteiger partial charge >= 0.3 is 0 Å². The number of sulfonamides is 1. The molecule has 1 amide bonds. The van der Waals surface area contributed by atoms with Crippen molar-refractivity contribution < 1.29 is 27.1 Å². The normalized spacial score (nSPS) is 11.4. The Morgan fingerprint density at radius 1 is 1.00 bits per heavy atom. The maximum Gasteiger partial charge on any atom is 0.244 e. The summed E-state index contributed by atoms with van der Waals surface area (Å²) in [5.41, 5.74) is 1.47. The van der Waals surface area contributed by atoms with Crippen LogP contribution in [0.3, 0.4) is 0 Å². The van der Waals surface area contributed by atoms with Gasteiger partial charge in [0.05, 0.1) is 31.9 Å². The lowest BCUT2D eigenvalue weighted by Crippen LogP contribution is -2.22. The second-order valence-corrected chi connectivity index (χ2v) is 8.44. The van der Waals surface area contributed by atoms with Crippen LogP contribution in [0, 0.1) is 0 Å². The second kappa shape index (κ2) is 10.7. The summed E-state index contributed by atoms with van der Waals surface area (Å²) >= 11 is 0. The van der Waals surface area contributed by atoms with Crippen molar-refractivity contribution in [1.29, 1.82) is 0 Å². The van der Waals surface area contributed by atoms with E-state index in [4.69, 9.17) is 13.9 Å². The molecule has 2 N–H and O–H groups in total. The van der Waals surface area contributed by atoms with E-state index in [0.717, 1.165) is 5.56 Å². The SMILES string of the molecule is COc1cccc(CNC(=O)/C=C/c2ccc(S(=O)(=O)NCc3ccco3)cc2)c1OC. The molecule has 0 spiro atoms. The Labute approximate surface area is 186 Å². The highest BCUT2D eigenvalue weighted by Gasteiger charge is 2.14. The number of para-hydroxylation sites is 1. The van der Waals surface area contributed by atoms with Crippen molar-refractivity contribution in [3.8, 4) is 11.5 Å². The highest BCUT2D eigenvalue weighted by atomic mass is 32.2. The molecule has 8 nitrogen and oxygen atoms in total. The van der Waals surface area contributed by atoms with E-state index in [2.05, 4.69) is 10.0 Å². The number of hydrogen-bond donors (Lipinski definition) is 2. The van der Waals surface area contributed by atoms with Gasteiger partial charge in [-0.3, -0.25) is 4.79 Å². The van der Waals surface area contributed by atoms with Crippen LogP contribution in [0.5, 0.6) is 11.5 Å². The van der Waals surface area contributed by atoms with E-state index >= 15 is 0 Å². The van der Waals surface area contributed by atoms with Gasteiger partial charge in [0, 0.05) is 18.2 Å². The summed E-state index contributed by atoms with van der Waals surface area (Å²) in [7, 11) is -0.580. The molecule has 0 unspecified atom stereocenters. The summed E-state index contributed by atoms with van der Waals surface area (Å²) < 4.78 is 42.9. The van der Waals surface area contributed by atoms with Gasteiger partial charge in [-0.25, -0.2) is 13.1 Å². The lowest BCUT2D eigenvalue weighted by molar-refractivity contribution is -0.116. The molecule has 0 atom stereocenters. The van der Waals surface area contributed by atoms with Crippen molar-refractivity contribution in [2.45, 2.75) is 18.0 Å². The Morgan fingerprint density at radius 2 is 1.78 bits per heavy atom. The fourth-order valence-corrected chi connectivity index (χ4v) is 3.92. The van der Waals surface area contributed by atoms with E-state index < -0.39 is 10.0 Å². The molecule has 2 aromatic carbocycles. The van der Waals surface area contributed by atoms with E-state index in [9.17, 15) is 13.2 Å². The maximum absolute atomic E-state index is 12.4. The van der Waals surface area contributed by atoms with Crippen molar-refractivity contribution in [3.63, 3.8) is 0 Å². The summed E-state index contributed by atoms with van der Waals surface area (Å²) in [5, 5.41) is 2.78. The van der Waals surface area contributed by atoms with Crippen molar-refractivity contribution in [2.24, 2.45) is 0 Å². The number of methoxy groups -OCH3 is 2. The Kier molecular flexibility index (Phi) is 7.69. The third-order valence-corrected chi connectivity index (χ3v) is 5.99. The molecule has 0 saturated heterocycles. The molecule has 0 bridgehead atoms. The number of amides is 1. The standard InChI is InChI=1S/C23H24N2O6S/c1-29-21-7-3-5-18(23(21)30-2)15-24-22(26)13-10-17-8-11-20(12-9-17)32(27,28)25-16-19-6-4-14-31-19/h3-14,25H,15-16H2,1-2H3,(H,24,26)/b13-10+. The quantitative estimate of drug-likeness (QED) is 0.454. The van der Waals surface area contributed by atoms with Crippen molar-refractivity contribution in [2.75, 3.05) is 14.2 Å². The first-order chi connectivity index (χ1) is 15.4. The minimum Gasteiger partial charge on any atom is -0.493 e. The molecule has 0 aliphatic carbocycles. The summed E-state index contributed by atoms with van der Waals surface area (Å²) in [4.78, 5) is 12.3. The Morgan fingerprint density at radius 3 is 2.44 bits per heavy atom. The average Bonchev–Trinajstić information content (AvgIpc) is 3.34. The first kappa shape index (κ1) is 23.1. The van der Waals surface area contributed by atoms with E-state index in [1.165, 1.54) is 24.5 Å². The van der Waals surface area contributed by atoms with Gasteiger partial charge in [-0.1, -0.05) is 24.3 Å². The number of benzene rings is 2.